The van der Waals surface area contributed by atoms with Gasteiger partial charge < -0.3 is 10.2 Å². The van der Waals surface area contributed by atoms with Crippen LogP contribution >= 0.6 is 0 Å². The Morgan fingerprint density at radius 3 is 2.71 bits per heavy atom. The van der Waals surface area contributed by atoms with Crippen LogP contribution in [0.5, 0.6) is 0 Å². The fourth-order valence-electron chi connectivity index (χ4n) is 3.21. The van der Waals surface area contributed by atoms with Crippen molar-refractivity contribution in [3.8, 4) is 0 Å². The Balaban J connectivity index is 1.74. The summed E-state index contributed by atoms with van der Waals surface area (Å²) in [5, 5.41) is 11.8. The van der Waals surface area contributed by atoms with Crippen molar-refractivity contribution < 1.29 is 0 Å². The van der Waals surface area contributed by atoms with Crippen LogP contribution in [0.4, 0.5) is 0 Å². The number of nitrogens with one attached hydrogen (secondary N) is 1. The van der Waals surface area contributed by atoms with E-state index in [9.17, 15) is 0 Å². The molecule has 5 nitrogen and oxygen atoms in total. The van der Waals surface area contributed by atoms with Crippen LogP contribution in [-0.4, -0.2) is 46.1 Å². The van der Waals surface area contributed by atoms with Crippen molar-refractivity contribution in [1.82, 2.24) is 25.2 Å². The van der Waals surface area contributed by atoms with E-state index in [-0.39, 0.29) is 0 Å². The Labute approximate surface area is 129 Å². The van der Waals surface area contributed by atoms with Gasteiger partial charge in [0, 0.05) is 25.8 Å². The maximum Gasteiger partial charge on any atom is 0.0964 e. The van der Waals surface area contributed by atoms with E-state index in [0.29, 0.717) is 5.41 Å². The number of aromatic nitrogens is 3. The minimum absolute atomic E-state index is 0.567. The highest BCUT2D eigenvalue weighted by Crippen LogP contribution is 2.36. The van der Waals surface area contributed by atoms with E-state index in [4.69, 9.17) is 0 Å². The van der Waals surface area contributed by atoms with E-state index >= 15 is 0 Å². The molecule has 21 heavy (non-hydrogen) atoms. The van der Waals surface area contributed by atoms with Gasteiger partial charge in [-0.05, 0) is 44.2 Å². The smallest absolute Gasteiger partial charge is 0.0964 e. The maximum atomic E-state index is 4.23. The monoisotopic (exact) mass is 293 g/mol. The third-order valence-electron chi connectivity index (χ3n) is 4.98. The van der Waals surface area contributed by atoms with Crippen molar-refractivity contribution in [1.29, 1.82) is 0 Å². The van der Waals surface area contributed by atoms with Gasteiger partial charge in [-0.3, -0.25) is 4.68 Å². The summed E-state index contributed by atoms with van der Waals surface area (Å²) in [7, 11) is 0. The second-order valence-electron chi connectivity index (χ2n) is 6.38. The summed E-state index contributed by atoms with van der Waals surface area (Å²) in [6, 6.07) is 0. The van der Waals surface area contributed by atoms with Crippen LogP contribution in [-0.2, 0) is 13.1 Å². The molecule has 0 unspecified atom stereocenters. The summed E-state index contributed by atoms with van der Waals surface area (Å²) in [5.41, 5.74) is 1.61. The number of rotatable bonds is 9. The lowest BCUT2D eigenvalue weighted by Crippen LogP contribution is -2.29. The normalized spacial score (nSPS) is 18.4. The van der Waals surface area contributed by atoms with E-state index in [1.54, 1.807) is 0 Å². The molecule has 1 fully saturated rings. The highest BCUT2D eigenvalue weighted by molar-refractivity contribution is 4.92. The topological polar surface area (TPSA) is 46.0 Å². The zero-order valence-corrected chi connectivity index (χ0v) is 13.9. The number of nitrogens with zero attached hydrogens (tertiary/aromatic N) is 4. The first-order valence-corrected chi connectivity index (χ1v) is 8.53. The molecule has 5 heteroatoms. The first-order valence-electron chi connectivity index (χ1n) is 8.53. The average molecular weight is 293 g/mol. The predicted molar refractivity (Wildman–Crippen MR) is 86.1 cm³/mol. The third-order valence-corrected chi connectivity index (χ3v) is 4.98. The van der Waals surface area contributed by atoms with E-state index in [0.717, 1.165) is 38.3 Å². The van der Waals surface area contributed by atoms with Crippen LogP contribution in [0.25, 0.3) is 0 Å². The number of hydrogen-bond acceptors (Lipinski definition) is 4. The summed E-state index contributed by atoms with van der Waals surface area (Å²) in [4.78, 5) is 2.59. The van der Waals surface area contributed by atoms with Crippen LogP contribution in [0.2, 0.25) is 0 Å². The van der Waals surface area contributed by atoms with Crippen molar-refractivity contribution in [2.75, 3.05) is 26.2 Å². The average Bonchev–Trinajstić information content (AvgIpc) is 3.13. The van der Waals surface area contributed by atoms with Crippen LogP contribution in [0.3, 0.4) is 0 Å². The molecular weight excluding hydrogens is 262 g/mol. The van der Waals surface area contributed by atoms with Gasteiger partial charge in [0.15, 0.2) is 0 Å². The quantitative estimate of drug-likeness (QED) is 0.710. The van der Waals surface area contributed by atoms with E-state index in [1.807, 2.05) is 4.68 Å². The highest BCUT2D eigenvalue weighted by atomic mass is 15.4. The number of hydrogen-bond donors (Lipinski definition) is 1. The molecule has 0 aromatic carbocycles. The first-order chi connectivity index (χ1) is 10.2. The molecule has 1 aromatic heterocycles. The minimum atomic E-state index is 0.567. The molecule has 120 valence electrons. The molecule has 0 atom stereocenters. The Kier molecular flexibility index (Phi) is 6.18. The zero-order chi connectivity index (χ0) is 15.1. The van der Waals surface area contributed by atoms with E-state index in [2.05, 4.69) is 47.5 Å². The Bertz CT molecular complexity index is 411. The predicted octanol–water partition coefficient (Wildman–Crippen LogP) is 2.29. The molecule has 1 saturated heterocycles. The van der Waals surface area contributed by atoms with Crippen molar-refractivity contribution in [2.24, 2.45) is 5.41 Å². The van der Waals surface area contributed by atoms with Crippen molar-refractivity contribution >= 4 is 0 Å². The van der Waals surface area contributed by atoms with Crippen LogP contribution in [0.1, 0.15) is 52.1 Å². The molecule has 1 aliphatic rings. The molecule has 2 rings (SSSR count). The SMILES string of the molecule is CCCNCc1cn(CCN2CCC(CC)(CC)C2)nn1. The molecule has 0 saturated carbocycles. The Hall–Kier alpha value is -0.940. The van der Waals surface area contributed by atoms with Crippen LogP contribution in [0.15, 0.2) is 6.20 Å². The molecule has 0 spiro atoms. The lowest BCUT2D eigenvalue weighted by Gasteiger charge is -2.26. The molecule has 0 bridgehead atoms. The lowest BCUT2D eigenvalue weighted by molar-refractivity contribution is 0.233. The Morgan fingerprint density at radius 1 is 1.24 bits per heavy atom. The van der Waals surface area contributed by atoms with Crippen molar-refractivity contribution in [3.63, 3.8) is 0 Å². The molecule has 0 amide bonds. The zero-order valence-electron chi connectivity index (χ0n) is 13.9. The summed E-state index contributed by atoms with van der Waals surface area (Å²) < 4.78 is 1.99. The van der Waals surface area contributed by atoms with Gasteiger partial charge in [0.25, 0.3) is 0 Å². The fraction of sp³-hybridized carbons (Fsp3) is 0.875. The van der Waals surface area contributed by atoms with E-state index < -0.39 is 0 Å². The fourth-order valence-corrected chi connectivity index (χ4v) is 3.21. The minimum Gasteiger partial charge on any atom is -0.311 e. The second-order valence-corrected chi connectivity index (χ2v) is 6.38. The summed E-state index contributed by atoms with van der Waals surface area (Å²) in [6.07, 6.45) is 7.18. The van der Waals surface area contributed by atoms with Gasteiger partial charge in [-0.15, -0.1) is 5.10 Å². The van der Waals surface area contributed by atoms with Gasteiger partial charge in [-0.1, -0.05) is 26.0 Å². The molecule has 2 heterocycles. The van der Waals surface area contributed by atoms with Crippen LogP contribution < -0.4 is 5.32 Å². The van der Waals surface area contributed by atoms with Crippen molar-refractivity contribution in [2.45, 2.75) is 59.5 Å². The molecule has 0 aliphatic carbocycles. The van der Waals surface area contributed by atoms with Gasteiger partial charge in [-0.2, -0.15) is 0 Å². The largest absolute Gasteiger partial charge is 0.311 e. The summed E-state index contributed by atoms with van der Waals surface area (Å²) >= 11 is 0. The second kappa shape index (κ2) is 7.90. The number of likely N-dealkylation sites (tertiary alicyclic amines) is 1. The third kappa shape index (κ3) is 4.51. The molecule has 0 radical (unpaired) electrons. The van der Waals surface area contributed by atoms with Gasteiger partial charge >= 0.3 is 0 Å². The molecular formula is C16H31N5. The summed E-state index contributed by atoms with van der Waals surface area (Å²) in [6.45, 7) is 13.2. The van der Waals surface area contributed by atoms with Gasteiger partial charge in [0.1, 0.15) is 0 Å². The highest BCUT2D eigenvalue weighted by Gasteiger charge is 2.34. The van der Waals surface area contributed by atoms with Crippen molar-refractivity contribution in [3.05, 3.63) is 11.9 Å². The lowest BCUT2D eigenvalue weighted by atomic mass is 9.82. The standard InChI is InChI=1S/C16H31N5/c1-4-8-17-12-15-13-21(19-18-15)11-10-20-9-7-16(5-2,6-3)14-20/h13,17H,4-12,14H2,1-3H3. The Morgan fingerprint density at radius 2 is 2.05 bits per heavy atom. The van der Waals surface area contributed by atoms with Gasteiger partial charge in [0.2, 0.25) is 0 Å². The van der Waals surface area contributed by atoms with Gasteiger partial charge in [0.05, 0.1) is 12.2 Å². The molecule has 1 aromatic rings. The van der Waals surface area contributed by atoms with E-state index in [1.165, 1.54) is 32.4 Å². The van der Waals surface area contributed by atoms with Crippen LogP contribution in [0, 0.1) is 5.41 Å². The molecule has 1 N–H and O–H groups in total. The first kappa shape index (κ1) is 16.4. The maximum absolute atomic E-state index is 4.23. The summed E-state index contributed by atoms with van der Waals surface area (Å²) in [5.74, 6) is 0. The van der Waals surface area contributed by atoms with Gasteiger partial charge in [-0.25, -0.2) is 0 Å². The molecule has 1 aliphatic heterocycles.